The van der Waals surface area contributed by atoms with Gasteiger partial charge in [0.05, 0.1) is 6.61 Å². The minimum atomic E-state index is -0.316. The molecule has 0 atom stereocenters. The monoisotopic (exact) mass is 284 g/mol. The van der Waals surface area contributed by atoms with Crippen LogP contribution in [0.4, 0.5) is 0 Å². The van der Waals surface area contributed by atoms with Gasteiger partial charge in [-0.05, 0) is 12.8 Å². The van der Waals surface area contributed by atoms with Gasteiger partial charge in [-0.3, -0.25) is 0 Å². The van der Waals surface area contributed by atoms with E-state index >= 15 is 0 Å². The Morgan fingerprint density at radius 1 is 0.800 bits per heavy atom. The maximum atomic E-state index is 10.8. The number of aliphatic hydroxyl groups excluding tert-OH is 1. The Hall–Kier alpha value is -0.830. The molecule has 1 N–H and O–H groups in total. The lowest BCUT2D eigenvalue weighted by atomic mass is 10.1. The van der Waals surface area contributed by atoms with E-state index in [4.69, 9.17) is 9.84 Å². The first kappa shape index (κ1) is 19.2. The van der Waals surface area contributed by atoms with E-state index in [9.17, 15) is 4.79 Å². The normalized spacial score (nSPS) is 10.4. The number of carbonyl (C=O) groups is 1. The number of carbonyl (C=O) groups excluding carboxylic acids is 1. The maximum absolute atomic E-state index is 10.8. The molecule has 0 radical (unpaired) electrons. The molecule has 20 heavy (non-hydrogen) atoms. The van der Waals surface area contributed by atoms with E-state index < -0.39 is 0 Å². The largest absolute Gasteiger partial charge is 0.463 e. The summed E-state index contributed by atoms with van der Waals surface area (Å²) < 4.78 is 4.92. The molecule has 0 heterocycles. The lowest BCUT2D eigenvalue weighted by Crippen LogP contribution is -2.01. The van der Waals surface area contributed by atoms with E-state index in [0.717, 1.165) is 19.3 Å². The molecule has 0 saturated carbocycles. The smallest absolute Gasteiger partial charge is 0.330 e. The van der Waals surface area contributed by atoms with Crippen LogP contribution in [0.25, 0.3) is 0 Å². The Bertz CT molecular complexity index is 226. The number of unbranched alkanes of at least 4 members (excludes halogenated alkanes) is 11. The second-order valence-electron chi connectivity index (χ2n) is 5.34. The lowest BCUT2D eigenvalue weighted by molar-refractivity contribution is -0.137. The van der Waals surface area contributed by atoms with Crippen molar-refractivity contribution in [3.63, 3.8) is 0 Å². The van der Waals surface area contributed by atoms with E-state index in [0.29, 0.717) is 13.2 Å². The van der Waals surface area contributed by atoms with Crippen molar-refractivity contribution in [3.8, 4) is 0 Å². The minimum absolute atomic E-state index is 0.316. The molecule has 0 bridgehead atoms. The summed E-state index contributed by atoms with van der Waals surface area (Å²) in [5.41, 5.74) is 0. The zero-order valence-electron chi connectivity index (χ0n) is 12.9. The van der Waals surface area contributed by atoms with E-state index in [-0.39, 0.29) is 5.97 Å². The Labute approximate surface area is 124 Å². The van der Waals surface area contributed by atoms with Crippen LogP contribution < -0.4 is 0 Å². The molecule has 0 amide bonds. The highest BCUT2D eigenvalue weighted by atomic mass is 16.5. The molecule has 0 rings (SSSR count). The molecule has 0 aromatic heterocycles. The number of hydrogen-bond acceptors (Lipinski definition) is 3. The number of aliphatic hydroxyl groups is 1. The van der Waals surface area contributed by atoms with E-state index in [1.165, 1.54) is 63.9 Å². The van der Waals surface area contributed by atoms with Crippen LogP contribution in [0, 0.1) is 0 Å². The molecule has 0 aliphatic heterocycles. The quantitative estimate of drug-likeness (QED) is 0.275. The highest BCUT2D eigenvalue weighted by molar-refractivity contribution is 5.81. The number of hydrogen-bond donors (Lipinski definition) is 1. The third-order valence-corrected chi connectivity index (χ3v) is 3.46. The molecule has 0 fully saturated rings. The standard InChI is InChI=1S/C17H32O3/c1-2-17(19)20-16-14-12-10-8-6-4-3-5-7-9-11-13-15-18/h2,18H,1,3-16H2. The molecule has 0 aliphatic rings. The number of ether oxygens (including phenoxy) is 1. The van der Waals surface area contributed by atoms with Gasteiger partial charge in [-0.1, -0.05) is 70.8 Å². The van der Waals surface area contributed by atoms with Crippen LogP contribution in [0.15, 0.2) is 12.7 Å². The molecule has 118 valence electrons. The molecule has 0 aromatic rings. The molecular formula is C17H32O3. The molecule has 0 aliphatic carbocycles. The SMILES string of the molecule is C=CC(=O)OCCCCCCCCCCCCCCO. The fourth-order valence-corrected chi connectivity index (χ4v) is 2.21. The summed E-state index contributed by atoms with van der Waals surface area (Å²) in [6.07, 6.45) is 15.9. The number of rotatable bonds is 15. The van der Waals surface area contributed by atoms with Crippen LogP contribution in [-0.4, -0.2) is 24.3 Å². The van der Waals surface area contributed by atoms with Crippen LogP contribution in [0.5, 0.6) is 0 Å². The molecule has 3 nitrogen and oxygen atoms in total. The lowest BCUT2D eigenvalue weighted by Gasteiger charge is -2.03. The summed E-state index contributed by atoms with van der Waals surface area (Å²) in [5.74, 6) is -0.316. The Morgan fingerprint density at radius 3 is 1.60 bits per heavy atom. The summed E-state index contributed by atoms with van der Waals surface area (Å²) in [4.78, 5) is 10.8. The van der Waals surface area contributed by atoms with Crippen molar-refractivity contribution >= 4 is 5.97 Å². The van der Waals surface area contributed by atoms with E-state index in [1.807, 2.05) is 0 Å². The van der Waals surface area contributed by atoms with Gasteiger partial charge >= 0.3 is 5.97 Å². The summed E-state index contributed by atoms with van der Waals surface area (Å²) in [5, 5.41) is 8.65. The second kappa shape index (κ2) is 16.2. The van der Waals surface area contributed by atoms with Gasteiger partial charge in [0.1, 0.15) is 0 Å². The Balaban J connectivity index is 2.99. The zero-order chi connectivity index (χ0) is 14.9. The van der Waals surface area contributed by atoms with Gasteiger partial charge in [0.25, 0.3) is 0 Å². The van der Waals surface area contributed by atoms with Crippen molar-refractivity contribution in [1.82, 2.24) is 0 Å². The Kier molecular flexibility index (Phi) is 15.6. The van der Waals surface area contributed by atoms with Crippen molar-refractivity contribution in [2.24, 2.45) is 0 Å². The van der Waals surface area contributed by atoms with Crippen molar-refractivity contribution in [2.45, 2.75) is 77.0 Å². The summed E-state index contributed by atoms with van der Waals surface area (Å²) in [7, 11) is 0. The van der Waals surface area contributed by atoms with Crippen molar-refractivity contribution in [1.29, 1.82) is 0 Å². The highest BCUT2D eigenvalue weighted by Gasteiger charge is 1.96. The summed E-state index contributed by atoms with van der Waals surface area (Å²) in [6, 6.07) is 0. The fourth-order valence-electron chi connectivity index (χ4n) is 2.21. The maximum Gasteiger partial charge on any atom is 0.330 e. The first-order valence-electron chi connectivity index (χ1n) is 8.21. The van der Waals surface area contributed by atoms with Crippen LogP contribution in [-0.2, 0) is 9.53 Å². The van der Waals surface area contributed by atoms with Crippen molar-refractivity contribution in [2.75, 3.05) is 13.2 Å². The number of esters is 1. The van der Waals surface area contributed by atoms with Crippen LogP contribution in [0.1, 0.15) is 77.0 Å². The molecule has 0 spiro atoms. The van der Waals surface area contributed by atoms with Gasteiger partial charge in [-0.15, -0.1) is 0 Å². The molecular weight excluding hydrogens is 252 g/mol. The molecule has 0 saturated heterocycles. The van der Waals surface area contributed by atoms with Gasteiger partial charge < -0.3 is 9.84 Å². The predicted molar refractivity (Wildman–Crippen MR) is 83.6 cm³/mol. The third kappa shape index (κ3) is 15.2. The summed E-state index contributed by atoms with van der Waals surface area (Å²) in [6.45, 7) is 4.23. The first-order chi connectivity index (χ1) is 9.81. The fraction of sp³-hybridized carbons (Fsp3) is 0.824. The molecule has 3 heteroatoms. The highest BCUT2D eigenvalue weighted by Crippen LogP contribution is 2.11. The third-order valence-electron chi connectivity index (χ3n) is 3.46. The molecule has 0 unspecified atom stereocenters. The van der Waals surface area contributed by atoms with Crippen molar-refractivity contribution < 1.29 is 14.6 Å². The Morgan fingerprint density at radius 2 is 1.20 bits per heavy atom. The van der Waals surface area contributed by atoms with Gasteiger partial charge in [0.15, 0.2) is 0 Å². The van der Waals surface area contributed by atoms with Gasteiger partial charge in [0, 0.05) is 12.7 Å². The predicted octanol–water partition coefficient (Wildman–Crippen LogP) is 4.39. The van der Waals surface area contributed by atoms with Gasteiger partial charge in [-0.2, -0.15) is 0 Å². The zero-order valence-corrected chi connectivity index (χ0v) is 12.9. The topological polar surface area (TPSA) is 46.5 Å². The molecule has 0 aromatic carbocycles. The van der Waals surface area contributed by atoms with Gasteiger partial charge in [0.2, 0.25) is 0 Å². The minimum Gasteiger partial charge on any atom is -0.463 e. The van der Waals surface area contributed by atoms with Crippen molar-refractivity contribution in [3.05, 3.63) is 12.7 Å². The average Bonchev–Trinajstić information content (AvgIpc) is 2.47. The van der Waals surface area contributed by atoms with Crippen LogP contribution >= 0.6 is 0 Å². The van der Waals surface area contributed by atoms with E-state index in [1.54, 1.807) is 0 Å². The average molecular weight is 284 g/mol. The summed E-state index contributed by atoms with van der Waals surface area (Å²) >= 11 is 0. The van der Waals surface area contributed by atoms with Crippen LogP contribution in [0.3, 0.4) is 0 Å². The first-order valence-corrected chi connectivity index (χ1v) is 8.21. The van der Waals surface area contributed by atoms with E-state index in [2.05, 4.69) is 6.58 Å². The van der Waals surface area contributed by atoms with Crippen LogP contribution in [0.2, 0.25) is 0 Å². The second-order valence-corrected chi connectivity index (χ2v) is 5.34. The van der Waals surface area contributed by atoms with Gasteiger partial charge in [-0.25, -0.2) is 4.79 Å².